The highest BCUT2D eigenvalue weighted by Crippen LogP contribution is 2.43. The fourth-order valence-corrected chi connectivity index (χ4v) is 4.09. The van der Waals surface area contributed by atoms with Crippen LogP contribution in [0.3, 0.4) is 0 Å². The van der Waals surface area contributed by atoms with Crippen molar-refractivity contribution >= 4 is 27.5 Å². The van der Waals surface area contributed by atoms with Gasteiger partial charge < -0.3 is 20.5 Å². The SMILES string of the molecule is Cc1cc(Br)ccc1NC(=O)COc1cccc(C2C(C#N)=C(N)Oc3n[nH]c(C)c32)c1. The Morgan fingerprint density at radius 1 is 1.34 bits per heavy atom. The molecule has 3 aromatic rings. The largest absolute Gasteiger partial charge is 0.484 e. The molecule has 1 aromatic heterocycles. The second kappa shape index (κ2) is 8.77. The van der Waals surface area contributed by atoms with Gasteiger partial charge in [-0.2, -0.15) is 5.26 Å². The van der Waals surface area contributed by atoms with Crippen LogP contribution in [-0.2, 0) is 4.79 Å². The van der Waals surface area contributed by atoms with Gasteiger partial charge in [-0.25, -0.2) is 0 Å². The van der Waals surface area contributed by atoms with E-state index < -0.39 is 5.92 Å². The zero-order valence-electron chi connectivity index (χ0n) is 17.4. The van der Waals surface area contributed by atoms with Crippen molar-refractivity contribution in [1.29, 1.82) is 5.26 Å². The molecule has 1 unspecified atom stereocenters. The molecule has 1 aliphatic heterocycles. The minimum absolute atomic E-state index is 0.0204. The molecule has 0 spiro atoms. The lowest BCUT2D eigenvalue weighted by molar-refractivity contribution is -0.118. The van der Waals surface area contributed by atoms with Crippen LogP contribution in [0.15, 0.2) is 58.4 Å². The maximum atomic E-state index is 12.4. The van der Waals surface area contributed by atoms with E-state index in [0.717, 1.165) is 32.5 Å². The third-order valence-electron chi connectivity index (χ3n) is 5.15. The Labute approximate surface area is 193 Å². The number of hydrogen-bond donors (Lipinski definition) is 3. The van der Waals surface area contributed by atoms with E-state index in [9.17, 15) is 10.1 Å². The van der Waals surface area contributed by atoms with Crippen molar-refractivity contribution < 1.29 is 14.3 Å². The number of aromatic amines is 1. The van der Waals surface area contributed by atoms with E-state index in [0.29, 0.717) is 17.2 Å². The lowest BCUT2D eigenvalue weighted by Gasteiger charge is -2.24. The quantitative estimate of drug-likeness (QED) is 0.492. The van der Waals surface area contributed by atoms with Crippen molar-refractivity contribution in [1.82, 2.24) is 10.2 Å². The first kappa shape index (κ1) is 21.5. The van der Waals surface area contributed by atoms with Gasteiger partial charge in [0, 0.05) is 21.4 Å². The summed E-state index contributed by atoms with van der Waals surface area (Å²) in [5.74, 6) is 0.133. The van der Waals surface area contributed by atoms with Gasteiger partial charge in [-0.1, -0.05) is 28.1 Å². The van der Waals surface area contributed by atoms with Crippen molar-refractivity contribution in [3.05, 3.63) is 80.8 Å². The maximum absolute atomic E-state index is 12.4. The number of H-pyrrole nitrogens is 1. The zero-order valence-corrected chi connectivity index (χ0v) is 19.0. The number of aromatic nitrogens is 2. The number of amides is 1. The number of ether oxygens (including phenoxy) is 2. The van der Waals surface area contributed by atoms with Crippen LogP contribution in [0.5, 0.6) is 11.6 Å². The molecule has 32 heavy (non-hydrogen) atoms. The number of rotatable bonds is 5. The van der Waals surface area contributed by atoms with Gasteiger partial charge in [0.05, 0.1) is 5.92 Å². The molecule has 4 N–H and O–H groups in total. The molecule has 162 valence electrons. The molecule has 2 heterocycles. The number of aryl methyl sites for hydroxylation is 2. The van der Waals surface area contributed by atoms with Crippen molar-refractivity contribution in [2.24, 2.45) is 5.73 Å². The number of carbonyl (C=O) groups excluding carboxylic acids is 1. The summed E-state index contributed by atoms with van der Waals surface area (Å²) in [4.78, 5) is 12.4. The van der Waals surface area contributed by atoms with Crippen molar-refractivity contribution in [2.75, 3.05) is 11.9 Å². The Morgan fingerprint density at radius 3 is 2.91 bits per heavy atom. The highest BCUT2D eigenvalue weighted by molar-refractivity contribution is 9.10. The molecule has 2 aromatic carbocycles. The molecular formula is C23H20BrN5O3. The third-order valence-corrected chi connectivity index (χ3v) is 5.65. The number of benzene rings is 2. The average Bonchev–Trinajstić information content (AvgIpc) is 3.13. The number of nitrogens with one attached hydrogen (secondary N) is 2. The van der Waals surface area contributed by atoms with Crippen LogP contribution in [0.4, 0.5) is 5.69 Å². The summed E-state index contributed by atoms with van der Waals surface area (Å²) in [6.45, 7) is 3.61. The van der Waals surface area contributed by atoms with Crippen LogP contribution in [0.2, 0.25) is 0 Å². The number of fused-ring (bicyclic) bond motifs is 1. The Kier molecular flexibility index (Phi) is 5.88. The summed E-state index contributed by atoms with van der Waals surface area (Å²) in [6, 6.07) is 15.0. The van der Waals surface area contributed by atoms with Crippen LogP contribution < -0.4 is 20.5 Å². The van der Waals surface area contributed by atoms with E-state index in [2.05, 4.69) is 37.5 Å². The van der Waals surface area contributed by atoms with Crippen molar-refractivity contribution in [2.45, 2.75) is 19.8 Å². The van der Waals surface area contributed by atoms with Gasteiger partial charge in [-0.3, -0.25) is 9.89 Å². The highest BCUT2D eigenvalue weighted by atomic mass is 79.9. The van der Waals surface area contributed by atoms with Crippen LogP contribution >= 0.6 is 15.9 Å². The first-order valence-corrected chi connectivity index (χ1v) is 10.6. The molecule has 8 nitrogen and oxygen atoms in total. The molecule has 1 aliphatic rings. The Morgan fingerprint density at radius 2 is 2.16 bits per heavy atom. The van der Waals surface area contributed by atoms with Crippen molar-refractivity contribution in [3.63, 3.8) is 0 Å². The van der Waals surface area contributed by atoms with Crippen LogP contribution in [0.1, 0.15) is 28.3 Å². The lowest BCUT2D eigenvalue weighted by atomic mass is 9.84. The van der Waals surface area contributed by atoms with Gasteiger partial charge in [-0.05, 0) is 55.3 Å². The predicted octanol–water partition coefficient (Wildman–Crippen LogP) is 4.02. The van der Waals surface area contributed by atoms with Gasteiger partial charge in [0.2, 0.25) is 11.8 Å². The van der Waals surface area contributed by atoms with Gasteiger partial charge in [0.1, 0.15) is 17.4 Å². The summed E-state index contributed by atoms with van der Waals surface area (Å²) in [5, 5.41) is 19.5. The Balaban J connectivity index is 1.53. The standard InChI is InChI=1S/C23H20BrN5O3/c1-12-8-15(24)6-7-18(12)27-19(30)11-31-16-5-3-4-14(9-16)21-17(10-25)22(26)32-23-20(21)13(2)28-29-23/h3-9,21H,11,26H2,1-2H3,(H,27,30)(H,28,29). The van der Waals surface area contributed by atoms with Gasteiger partial charge >= 0.3 is 0 Å². The van der Waals surface area contributed by atoms with E-state index in [1.165, 1.54) is 0 Å². The molecule has 0 saturated carbocycles. The first-order chi connectivity index (χ1) is 15.4. The lowest BCUT2D eigenvalue weighted by Crippen LogP contribution is -2.21. The van der Waals surface area contributed by atoms with Crippen LogP contribution in [0.25, 0.3) is 0 Å². The number of nitrogens with two attached hydrogens (primary N) is 1. The van der Waals surface area contributed by atoms with E-state index in [1.807, 2.05) is 38.1 Å². The normalized spacial score (nSPS) is 14.9. The molecule has 0 radical (unpaired) electrons. The number of nitrogens with zero attached hydrogens (tertiary/aromatic N) is 2. The second-order valence-corrected chi connectivity index (χ2v) is 8.28. The molecule has 0 aliphatic carbocycles. The van der Waals surface area contributed by atoms with Gasteiger partial charge in [0.25, 0.3) is 5.91 Å². The third kappa shape index (κ3) is 4.18. The average molecular weight is 494 g/mol. The molecule has 0 saturated heterocycles. The summed E-state index contributed by atoms with van der Waals surface area (Å²) in [7, 11) is 0. The molecule has 0 bridgehead atoms. The second-order valence-electron chi connectivity index (χ2n) is 7.36. The highest BCUT2D eigenvalue weighted by Gasteiger charge is 2.34. The van der Waals surface area contributed by atoms with Crippen molar-refractivity contribution in [3.8, 4) is 17.7 Å². The zero-order chi connectivity index (χ0) is 22.8. The number of allylic oxidation sites excluding steroid dienone is 1. The summed E-state index contributed by atoms with van der Waals surface area (Å²) in [5.41, 5.74) is 10.2. The Hall–Kier alpha value is -3.77. The van der Waals surface area contributed by atoms with E-state index in [-0.39, 0.29) is 18.4 Å². The number of carbonyl (C=O) groups is 1. The molecule has 9 heteroatoms. The minimum Gasteiger partial charge on any atom is -0.484 e. The molecular weight excluding hydrogens is 474 g/mol. The van der Waals surface area contributed by atoms with E-state index in [4.69, 9.17) is 15.2 Å². The molecule has 0 fully saturated rings. The number of nitriles is 1. The number of hydrogen-bond acceptors (Lipinski definition) is 6. The smallest absolute Gasteiger partial charge is 0.262 e. The molecule has 1 atom stereocenters. The van der Waals surface area contributed by atoms with Crippen LogP contribution in [0, 0.1) is 25.2 Å². The van der Waals surface area contributed by atoms with E-state index in [1.54, 1.807) is 18.2 Å². The monoisotopic (exact) mass is 493 g/mol. The fraction of sp³-hybridized carbons (Fsp3) is 0.174. The fourth-order valence-electron chi connectivity index (χ4n) is 3.62. The van der Waals surface area contributed by atoms with E-state index >= 15 is 0 Å². The predicted molar refractivity (Wildman–Crippen MR) is 122 cm³/mol. The molecule has 4 rings (SSSR count). The molecule has 1 amide bonds. The number of halogens is 1. The van der Waals surface area contributed by atoms with Gasteiger partial charge in [-0.15, -0.1) is 5.10 Å². The maximum Gasteiger partial charge on any atom is 0.262 e. The summed E-state index contributed by atoms with van der Waals surface area (Å²) >= 11 is 3.41. The topological polar surface area (TPSA) is 126 Å². The minimum atomic E-state index is -0.453. The summed E-state index contributed by atoms with van der Waals surface area (Å²) < 4.78 is 12.2. The Bertz CT molecular complexity index is 1270. The van der Waals surface area contributed by atoms with Gasteiger partial charge in [0.15, 0.2) is 6.61 Å². The first-order valence-electron chi connectivity index (χ1n) is 9.78. The number of anilines is 1. The summed E-state index contributed by atoms with van der Waals surface area (Å²) in [6.07, 6.45) is 0. The van der Waals surface area contributed by atoms with Crippen LogP contribution in [-0.4, -0.2) is 22.7 Å².